The van der Waals surface area contributed by atoms with Gasteiger partial charge in [-0.1, -0.05) is 31.9 Å². The molecule has 4 heteroatoms. The third-order valence-corrected chi connectivity index (χ3v) is 4.29. The molecule has 0 heterocycles. The Balaban J connectivity index is 2.03. The summed E-state index contributed by atoms with van der Waals surface area (Å²) in [5.41, 5.74) is 0.827. The van der Waals surface area contributed by atoms with Crippen molar-refractivity contribution < 1.29 is 14.3 Å². The normalized spacial score (nSPS) is 21.6. The fourth-order valence-electron chi connectivity index (χ4n) is 2.97. The monoisotopic (exact) mass is 303 g/mol. The van der Waals surface area contributed by atoms with Gasteiger partial charge in [0.2, 0.25) is 5.91 Å². The molecule has 0 saturated heterocycles. The molecule has 1 aromatic rings. The number of benzene rings is 1. The van der Waals surface area contributed by atoms with Crippen molar-refractivity contribution in [3.05, 3.63) is 29.8 Å². The minimum Gasteiger partial charge on any atom is -0.493 e. The zero-order chi connectivity index (χ0) is 15.9. The van der Waals surface area contributed by atoms with Crippen LogP contribution in [-0.4, -0.2) is 26.2 Å². The molecule has 0 spiro atoms. The van der Waals surface area contributed by atoms with Crippen LogP contribution in [0.1, 0.15) is 38.2 Å². The van der Waals surface area contributed by atoms with Crippen LogP contribution in [0.5, 0.6) is 11.5 Å². The van der Waals surface area contributed by atoms with Gasteiger partial charge in [0.1, 0.15) is 0 Å². The van der Waals surface area contributed by atoms with E-state index < -0.39 is 0 Å². The van der Waals surface area contributed by atoms with Crippen LogP contribution in [0.2, 0.25) is 0 Å². The summed E-state index contributed by atoms with van der Waals surface area (Å²) in [7, 11) is 3.20. The molecule has 1 aliphatic carbocycles. The molecular formula is C18H25NO3. The average molecular weight is 303 g/mol. The molecule has 22 heavy (non-hydrogen) atoms. The fourth-order valence-corrected chi connectivity index (χ4v) is 2.97. The number of ether oxygens (including phenoxy) is 2. The van der Waals surface area contributed by atoms with Crippen molar-refractivity contribution in [1.82, 2.24) is 5.32 Å². The first-order valence-electron chi connectivity index (χ1n) is 7.85. The number of rotatable bonds is 5. The second-order valence-electron chi connectivity index (χ2n) is 5.79. The molecule has 2 rings (SSSR count). The predicted octanol–water partition coefficient (Wildman–Crippen LogP) is 3.41. The number of hydrogen-bond acceptors (Lipinski definition) is 3. The van der Waals surface area contributed by atoms with Gasteiger partial charge in [-0.15, -0.1) is 0 Å². The molecule has 0 unspecified atom stereocenters. The second kappa shape index (κ2) is 7.87. The summed E-state index contributed by atoms with van der Waals surface area (Å²) in [6.45, 7) is 2.21. The number of para-hydroxylation sites is 1. The quantitative estimate of drug-likeness (QED) is 0.848. The molecule has 120 valence electrons. The SMILES string of the molecule is COc1cccc(/C=C/C(=O)N[C@H]2CCCC[C@@H]2C)c1OC. The highest BCUT2D eigenvalue weighted by Gasteiger charge is 2.21. The van der Waals surface area contributed by atoms with Gasteiger partial charge in [-0.2, -0.15) is 0 Å². The summed E-state index contributed by atoms with van der Waals surface area (Å²) in [5, 5.41) is 3.11. The molecule has 2 atom stereocenters. The van der Waals surface area contributed by atoms with Gasteiger partial charge < -0.3 is 14.8 Å². The van der Waals surface area contributed by atoms with E-state index in [-0.39, 0.29) is 11.9 Å². The van der Waals surface area contributed by atoms with E-state index in [1.54, 1.807) is 26.4 Å². The maximum atomic E-state index is 12.1. The first-order chi connectivity index (χ1) is 10.7. The van der Waals surface area contributed by atoms with E-state index >= 15 is 0 Å². The van der Waals surface area contributed by atoms with Gasteiger partial charge in [-0.3, -0.25) is 4.79 Å². The fraction of sp³-hybridized carbons (Fsp3) is 0.500. The molecule has 4 nitrogen and oxygen atoms in total. The Morgan fingerprint density at radius 3 is 2.68 bits per heavy atom. The Morgan fingerprint density at radius 2 is 2.00 bits per heavy atom. The largest absolute Gasteiger partial charge is 0.493 e. The lowest BCUT2D eigenvalue weighted by Gasteiger charge is -2.29. The standard InChI is InChI=1S/C18H25NO3/c1-13-7-4-5-9-15(13)19-17(20)12-11-14-8-6-10-16(21-2)18(14)22-3/h6,8,10-13,15H,4-5,7,9H2,1-3H3,(H,19,20)/b12-11+/t13-,15-/m0/s1. The van der Waals surface area contributed by atoms with E-state index in [9.17, 15) is 4.79 Å². The zero-order valence-electron chi connectivity index (χ0n) is 13.6. The molecule has 1 N–H and O–H groups in total. The Labute approximate surface area is 132 Å². The second-order valence-corrected chi connectivity index (χ2v) is 5.79. The van der Waals surface area contributed by atoms with E-state index in [1.807, 2.05) is 18.2 Å². The highest BCUT2D eigenvalue weighted by atomic mass is 16.5. The zero-order valence-corrected chi connectivity index (χ0v) is 13.6. The molecular weight excluding hydrogens is 278 g/mol. The van der Waals surface area contributed by atoms with Crippen LogP contribution >= 0.6 is 0 Å². The number of nitrogens with one attached hydrogen (secondary N) is 1. The van der Waals surface area contributed by atoms with Gasteiger partial charge in [0.15, 0.2) is 11.5 Å². The molecule has 1 aliphatic rings. The lowest BCUT2D eigenvalue weighted by Crippen LogP contribution is -2.40. The summed E-state index contributed by atoms with van der Waals surface area (Å²) in [6.07, 6.45) is 8.07. The van der Waals surface area contributed by atoms with Crippen molar-refractivity contribution in [3.63, 3.8) is 0 Å². The van der Waals surface area contributed by atoms with Crippen molar-refractivity contribution in [3.8, 4) is 11.5 Å². The van der Waals surface area contributed by atoms with E-state index in [2.05, 4.69) is 12.2 Å². The molecule has 0 aromatic heterocycles. The number of amides is 1. The summed E-state index contributed by atoms with van der Waals surface area (Å²) < 4.78 is 10.6. The van der Waals surface area contributed by atoms with Crippen LogP contribution in [0.3, 0.4) is 0 Å². The molecule has 0 bridgehead atoms. The van der Waals surface area contributed by atoms with Crippen molar-refractivity contribution in [1.29, 1.82) is 0 Å². The van der Waals surface area contributed by atoms with E-state index in [4.69, 9.17) is 9.47 Å². The van der Waals surface area contributed by atoms with Crippen molar-refractivity contribution in [2.75, 3.05) is 14.2 Å². The number of carbonyl (C=O) groups excluding carboxylic acids is 1. The van der Waals surface area contributed by atoms with Crippen LogP contribution in [0.25, 0.3) is 6.08 Å². The molecule has 1 aromatic carbocycles. The Bertz CT molecular complexity index is 539. The highest BCUT2D eigenvalue weighted by Crippen LogP contribution is 2.31. The van der Waals surface area contributed by atoms with Crippen LogP contribution in [0, 0.1) is 5.92 Å². The Kier molecular flexibility index (Phi) is 5.87. The van der Waals surface area contributed by atoms with Gasteiger partial charge in [0, 0.05) is 17.7 Å². The van der Waals surface area contributed by atoms with Crippen molar-refractivity contribution in [2.45, 2.75) is 38.6 Å². The van der Waals surface area contributed by atoms with E-state index in [0.717, 1.165) is 12.0 Å². The summed E-state index contributed by atoms with van der Waals surface area (Å²) >= 11 is 0. The maximum Gasteiger partial charge on any atom is 0.244 e. The average Bonchev–Trinajstić information content (AvgIpc) is 2.54. The molecule has 1 amide bonds. The van der Waals surface area contributed by atoms with E-state index in [0.29, 0.717) is 17.4 Å². The summed E-state index contributed by atoms with van der Waals surface area (Å²) in [5.74, 6) is 1.80. The number of hydrogen-bond donors (Lipinski definition) is 1. The van der Waals surface area contributed by atoms with Crippen LogP contribution in [0.15, 0.2) is 24.3 Å². The predicted molar refractivity (Wildman–Crippen MR) is 88.1 cm³/mol. The number of methoxy groups -OCH3 is 2. The molecule has 1 fully saturated rings. The Morgan fingerprint density at radius 1 is 1.23 bits per heavy atom. The first-order valence-corrected chi connectivity index (χ1v) is 7.85. The van der Waals surface area contributed by atoms with E-state index in [1.165, 1.54) is 19.3 Å². The molecule has 1 saturated carbocycles. The topological polar surface area (TPSA) is 47.6 Å². The highest BCUT2D eigenvalue weighted by molar-refractivity contribution is 5.92. The van der Waals surface area contributed by atoms with Gasteiger partial charge in [-0.25, -0.2) is 0 Å². The summed E-state index contributed by atoms with van der Waals surface area (Å²) in [4.78, 5) is 12.1. The van der Waals surface area contributed by atoms with Crippen LogP contribution < -0.4 is 14.8 Å². The molecule has 0 aliphatic heterocycles. The first kappa shape index (κ1) is 16.4. The lowest BCUT2D eigenvalue weighted by atomic mass is 9.86. The smallest absolute Gasteiger partial charge is 0.244 e. The van der Waals surface area contributed by atoms with Gasteiger partial charge in [0.25, 0.3) is 0 Å². The minimum absolute atomic E-state index is 0.0522. The van der Waals surface area contributed by atoms with Crippen LogP contribution in [0.4, 0.5) is 0 Å². The minimum atomic E-state index is -0.0522. The van der Waals surface area contributed by atoms with Gasteiger partial charge in [0.05, 0.1) is 14.2 Å². The van der Waals surface area contributed by atoms with Gasteiger partial charge in [-0.05, 0) is 30.9 Å². The van der Waals surface area contributed by atoms with Gasteiger partial charge >= 0.3 is 0 Å². The maximum absolute atomic E-state index is 12.1. The number of carbonyl (C=O) groups is 1. The molecule has 0 radical (unpaired) electrons. The Hall–Kier alpha value is -1.97. The lowest BCUT2D eigenvalue weighted by molar-refractivity contribution is -0.117. The third kappa shape index (κ3) is 4.03. The van der Waals surface area contributed by atoms with Crippen LogP contribution in [-0.2, 0) is 4.79 Å². The third-order valence-electron chi connectivity index (χ3n) is 4.29. The van der Waals surface area contributed by atoms with Crippen molar-refractivity contribution in [2.24, 2.45) is 5.92 Å². The van der Waals surface area contributed by atoms with Crippen molar-refractivity contribution >= 4 is 12.0 Å². The summed E-state index contributed by atoms with van der Waals surface area (Å²) in [6, 6.07) is 5.90.